The highest BCUT2D eigenvalue weighted by Crippen LogP contribution is 2.20. The first kappa shape index (κ1) is 18.6. The fourth-order valence-electron chi connectivity index (χ4n) is 2.26. The second-order valence-corrected chi connectivity index (χ2v) is 5.31. The number of alkyl halides is 1. The second kappa shape index (κ2) is 7.92. The van der Waals surface area contributed by atoms with Crippen molar-refractivity contribution in [3.05, 3.63) is 22.5 Å². The van der Waals surface area contributed by atoms with Gasteiger partial charge >= 0.3 is 5.95 Å². The van der Waals surface area contributed by atoms with Gasteiger partial charge in [-0.2, -0.15) is 0 Å². The molecule has 2 heterocycles. The molecule has 2 unspecified atom stereocenters. The van der Waals surface area contributed by atoms with Gasteiger partial charge in [-0.25, -0.2) is 8.96 Å². The number of ether oxygens (including phenoxy) is 2. The SMILES string of the molecule is O=[N+]([O-])c1nccn1CC([18F])COC[C@H]1OC(O)[C@H](O)[C@@H](O)[C@@H]1O. The molecule has 1 aromatic heterocycles. The molecule has 0 aromatic carbocycles. The van der Waals surface area contributed by atoms with E-state index in [1.165, 1.54) is 12.4 Å². The molecule has 0 saturated carbocycles. The van der Waals surface area contributed by atoms with E-state index in [1.54, 1.807) is 0 Å². The summed E-state index contributed by atoms with van der Waals surface area (Å²) in [5, 5.41) is 48.5. The molecule has 1 aliphatic heterocycles. The molecule has 11 nitrogen and oxygen atoms in total. The van der Waals surface area contributed by atoms with Crippen molar-refractivity contribution in [2.24, 2.45) is 0 Å². The summed E-state index contributed by atoms with van der Waals surface area (Å²) in [4.78, 5) is 13.4. The van der Waals surface area contributed by atoms with Crippen LogP contribution in [0.5, 0.6) is 0 Å². The van der Waals surface area contributed by atoms with Crippen molar-refractivity contribution < 1.29 is 39.2 Å². The van der Waals surface area contributed by atoms with Crippen LogP contribution in [0.15, 0.2) is 12.4 Å². The van der Waals surface area contributed by atoms with Gasteiger partial charge in [-0.15, -0.1) is 0 Å². The number of aromatic nitrogens is 2. The fraction of sp³-hybridized carbons (Fsp3) is 0.750. The number of aliphatic hydroxyl groups is 4. The van der Waals surface area contributed by atoms with Crippen molar-refractivity contribution in [3.8, 4) is 0 Å². The van der Waals surface area contributed by atoms with Gasteiger partial charge in [-0.1, -0.05) is 4.98 Å². The Morgan fingerprint density at radius 3 is 2.75 bits per heavy atom. The Morgan fingerprint density at radius 2 is 2.08 bits per heavy atom. The molecule has 0 aliphatic carbocycles. The molecule has 0 amide bonds. The van der Waals surface area contributed by atoms with Gasteiger partial charge in [-0.05, 0) is 4.92 Å². The third-order valence-electron chi connectivity index (χ3n) is 3.52. The molecule has 1 aromatic rings. The Labute approximate surface area is 135 Å². The maximum absolute atomic E-state index is 13.8. The predicted molar refractivity (Wildman–Crippen MR) is 73.5 cm³/mol. The minimum absolute atomic E-state index is 0.353. The fourth-order valence-corrected chi connectivity index (χ4v) is 2.26. The molecule has 12 heteroatoms. The monoisotopic (exact) mass is 350 g/mol. The van der Waals surface area contributed by atoms with Crippen molar-refractivity contribution >= 4 is 5.95 Å². The minimum Gasteiger partial charge on any atom is -0.390 e. The Morgan fingerprint density at radius 1 is 1.38 bits per heavy atom. The number of aliphatic hydroxyl groups excluding tert-OH is 4. The van der Waals surface area contributed by atoms with Gasteiger partial charge in [0.25, 0.3) is 0 Å². The van der Waals surface area contributed by atoms with Crippen LogP contribution >= 0.6 is 0 Å². The molecule has 1 saturated heterocycles. The smallest absolute Gasteiger partial charge is 0.390 e. The van der Waals surface area contributed by atoms with E-state index in [0.717, 1.165) is 4.57 Å². The van der Waals surface area contributed by atoms with Gasteiger partial charge in [0.15, 0.2) is 12.5 Å². The lowest BCUT2D eigenvalue weighted by Crippen LogP contribution is -2.58. The predicted octanol–water partition coefficient (Wildman–Crippen LogP) is -2.05. The zero-order chi connectivity index (χ0) is 17.9. The Hall–Kier alpha value is -1.70. The summed E-state index contributed by atoms with van der Waals surface area (Å²) in [6.45, 7) is -1.17. The van der Waals surface area contributed by atoms with E-state index in [-0.39, 0.29) is 13.2 Å². The summed E-state index contributed by atoms with van der Waals surface area (Å²) in [6.07, 6.45) is -6.84. The van der Waals surface area contributed by atoms with Crippen molar-refractivity contribution in [3.63, 3.8) is 0 Å². The van der Waals surface area contributed by atoms with Crippen molar-refractivity contribution in [1.29, 1.82) is 0 Å². The summed E-state index contributed by atoms with van der Waals surface area (Å²) in [7, 11) is 0. The van der Waals surface area contributed by atoms with E-state index in [2.05, 4.69) is 4.98 Å². The van der Waals surface area contributed by atoms with Crippen LogP contribution in [0.3, 0.4) is 0 Å². The molecule has 4 N–H and O–H groups in total. The van der Waals surface area contributed by atoms with Crippen molar-refractivity contribution in [2.75, 3.05) is 13.2 Å². The van der Waals surface area contributed by atoms with Crippen molar-refractivity contribution in [2.45, 2.75) is 43.4 Å². The van der Waals surface area contributed by atoms with E-state index in [1.807, 2.05) is 0 Å². The molecule has 2 rings (SSSR count). The average molecular weight is 350 g/mol. The molecule has 136 valence electrons. The van der Waals surface area contributed by atoms with Crippen LogP contribution in [0.2, 0.25) is 0 Å². The van der Waals surface area contributed by atoms with Gasteiger partial charge in [0.05, 0.1) is 13.2 Å². The van der Waals surface area contributed by atoms with Crippen LogP contribution in [-0.4, -0.2) is 85.0 Å². The Kier molecular flexibility index (Phi) is 6.15. The zero-order valence-corrected chi connectivity index (χ0v) is 12.4. The van der Waals surface area contributed by atoms with E-state index in [4.69, 9.17) is 9.47 Å². The Bertz CT molecular complexity index is 558. The molecule has 1 aliphatic rings. The van der Waals surface area contributed by atoms with Crippen LogP contribution < -0.4 is 0 Å². The van der Waals surface area contributed by atoms with Gasteiger partial charge in [0.1, 0.15) is 43.4 Å². The van der Waals surface area contributed by atoms with Crippen LogP contribution in [0.4, 0.5) is 10.3 Å². The third kappa shape index (κ3) is 4.23. The molecule has 0 bridgehead atoms. The first-order valence-electron chi connectivity index (χ1n) is 7.06. The lowest BCUT2D eigenvalue weighted by atomic mass is 9.99. The molecular formula is C12H18FN3O8. The van der Waals surface area contributed by atoms with Crippen molar-refractivity contribution in [1.82, 2.24) is 9.55 Å². The highest BCUT2D eigenvalue weighted by atomic mass is 18.2. The highest BCUT2D eigenvalue weighted by Gasteiger charge is 2.43. The third-order valence-corrected chi connectivity index (χ3v) is 3.52. The lowest BCUT2D eigenvalue weighted by Gasteiger charge is -2.38. The number of nitro groups is 1. The van der Waals surface area contributed by atoms with Gasteiger partial charge in [-0.3, -0.25) is 0 Å². The molecule has 24 heavy (non-hydrogen) atoms. The summed E-state index contributed by atoms with van der Waals surface area (Å²) in [6, 6.07) is 0. The second-order valence-electron chi connectivity index (χ2n) is 5.31. The highest BCUT2D eigenvalue weighted by molar-refractivity contribution is 5.06. The number of hydrogen-bond acceptors (Lipinski definition) is 9. The Balaban J connectivity index is 1.79. The number of hydrogen-bond donors (Lipinski definition) is 4. The minimum atomic E-state index is -1.70. The molecule has 0 radical (unpaired) electrons. The number of imidazole rings is 1. The van der Waals surface area contributed by atoms with Gasteiger partial charge in [0, 0.05) is 0 Å². The van der Waals surface area contributed by atoms with Crippen LogP contribution in [0.25, 0.3) is 0 Å². The normalized spacial score (nSPS) is 31.8. The molecule has 1 fully saturated rings. The number of rotatable bonds is 7. The van der Waals surface area contributed by atoms with E-state index in [9.17, 15) is 34.9 Å². The summed E-state index contributed by atoms with van der Waals surface area (Å²) in [5.41, 5.74) is 0. The quantitative estimate of drug-likeness (QED) is 0.320. The standard InChI is InChI=1S/C12H18FN3O8/c13-6(3-15-2-1-14-12(15)16(21)22)4-23-5-7-8(17)9(18)10(19)11(20)24-7/h1-2,6-11,17-20H,3-5H2/t6?,7-,8-,9+,10-,11?/m1/s1/i13-1. The summed E-state index contributed by atoms with van der Waals surface area (Å²) >= 11 is 0. The summed E-state index contributed by atoms with van der Waals surface area (Å²) < 4.78 is 24.7. The first-order chi connectivity index (χ1) is 11.3. The largest absolute Gasteiger partial charge is 0.434 e. The maximum atomic E-state index is 13.8. The number of nitrogens with zero attached hydrogens (tertiary/aromatic N) is 3. The first-order valence-corrected chi connectivity index (χ1v) is 7.06. The van der Waals surface area contributed by atoms with E-state index >= 15 is 0 Å². The van der Waals surface area contributed by atoms with Crippen LogP contribution in [0, 0.1) is 10.1 Å². The molecular weight excluding hydrogens is 332 g/mol. The molecule has 0 spiro atoms. The zero-order valence-electron chi connectivity index (χ0n) is 12.4. The topological polar surface area (TPSA) is 160 Å². The lowest BCUT2D eigenvalue weighted by molar-refractivity contribution is -0.396. The number of halogens is 1. The van der Waals surface area contributed by atoms with Crippen LogP contribution in [0.1, 0.15) is 0 Å². The maximum Gasteiger partial charge on any atom is 0.434 e. The van der Waals surface area contributed by atoms with Gasteiger partial charge in [0.2, 0.25) is 0 Å². The summed E-state index contributed by atoms with van der Waals surface area (Å²) in [5.74, 6) is -0.496. The average Bonchev–Trinajstić information content (AvgIpc) is 2.98. The van der Waals surface area contributed by atoms with Gasteiger partial charge < -0.3 is 40.0 Å². The van der Waals surface area contributed by atoms with E-state index in [0.29, 0.717) is 0 Å². The van der Waals surface area contributed by atoms with Crippen LogP contribution in [-0.2, 0) is 16.0 Å². The van der Waals surface area contributed by atoms with E-state index < -0.39 is 54.4 Å². The molecule has 6 atom stereocenters.